The fourth-order valence-corrected chi connectivity index (χ4v) is 6.66. The average Bonchev–Trinajstić information content (AvgIpc) is 3.28. The van der Waals surface area contributed by atoms with Crippen molar-refractivity contribution in [2.75, 3.05) is 0 Å². The van der Waals surface area contributed by atoms with Gasteiger partial charge >= 0.3 is 0 Å². The number of benzene rings is 6. The van der Waals surface area contributed by atoms with E-state index in [2.05, 4.69) is 177 Å². The Morgan fingerprint density at radius 1 is 0.359 bits per heavy atom. The molecule has 186 valence electrons. The predicted molar refractivity (Wildman–Crippen MR) is 170 cm³/mol. The van der Waals surface area contributed by atoms with E-state index < -0.39 is 5.41 Å². The summed E-state index contributed by atoms with van der Waals surface area (Å²) in [4.78, 5) is 0. The molecule has 0 aliphatic heterocycles. The first-order valence-electron chi connectivity index (χ1n) is 13.1. The molecule has 0 heterocycles. The fourth-order valence-electron chi connectivity index (χ4n) is 6.13. The van der Waals surface area contributed by atoms with Gasteiger partial charge in [0.15, 0.2) is 0 Å². The zero-order valence-electron chi connectivity index (χ0n) is 21.1. The normalized spacial score (nSPS) is 13.1. The molecule has 0 bridgehead atoms. The van der Waals surface area contributed by atoms with Gasteiger partial charge in [0, 0.05) is 8.95 Å². The molecule has 0 nitrogen and oxygen atoms in total. The summed E-state index contributed by atoms with van der Waals surface area (Å²) in [6.07, 6.45) is 0. The number of hydrogen-bond acceptors (Lipinski definition) is 0. The predicted octanol–water partition coefficient (Wildman–Crippen LogP) is 10.9. The third kappa shape index (κ3) is 4.02. The van der Waals surface area contributed by atoms with Gasteiger partial charge in [0.1, 0.15) is 0 Å². The molecule has 7 rings (SSSR count). The first-order chi connectivity index (χ1) is 19.1. The molecule has 2 heteroatoms. The molecule has 0 amide bonds. The SMILES string of the molecule is Brc1ccc(-c2ccc3c(c2)C(c2ccccc2)(c2ccccc2)c2cc(-c4ccc(Br)cc4)ccc2-3)cc1. The van der Waals surface area contributed by atoms with Gasteiger partial charge in [-0.3, -0.25) is 0 Å². The van der Waals surface area contributed by atoms with E-state index in [-0.39, 0.29) is 0 Å². The lowest BCUT2D eigenvalue weighted by Crippen LogP contribution is -2.28. The third-order valence-electron chi connectivity index (χ3n) is 7.91. The van der Waals surface area contributed by atoms with Gasteiger partial charge in [-0.2, -0.15) is 0 Å². The number of halogens is 2. The summed E-state index contributed by atoms with van der Waals surface area (Å²) in [5.41, 5.74) is 12.2. The second-order valence-electron chi connectivity index (χ2n) is 10.0. The Kier molecular flexibility index (Phi) is 6.11. The largest absolute Gasteiger partial charge is 0.0713 e. The van der Waals surface area contributed by atoms with Crippen LogP contribution in [0.15, 0.2) is 155 Å². The van der Waals surface area contributed by atoms with Crippen molar-refractivity contribution in [1.82, 2.24) is 0 Å². The smallest absolute Gasteiger partial charge is 0.0622 e. The van der Waals surface area contributed by atoms with E-state index in [9.17, 15) is 0 Å². The highest BCUT2D eigenvalue weighted by Gasteiger charge is 2.46. The summed E-state index contributed by atoms with van der Waals surface area (Å²) in [5.74, 6) is 0. The second-order valence-corrected chi connectivity index (χ2v) is 11.8. The highest BCUT2D eigenvalue weighted by molar-refractivity contribution is 9.10. The van der Waals surface area contributed by atoms with Crippen molar-refractivity contribution >= 4 is 31.9 Å². The summed E-state index contributed by atoms with van der Waals surface area (Å²) in [6, 6.07) is 53.2. The minimum Gasteiger partial charge on any atom is -0.0622 e. The van der Waals surface area contributed by atoms with Crippen molar-refractivity contribution in [3.8, 4) is 33.4 Å². The quantitative estimate of drug-likeness (QED) is 0.182. The van der Waals surface area contributed by atoms with Crippen LogP contribution in [-0.4, -0.2) is 0 Å². The summed E-state index contributed by atoms with van der Waals surface area (Å²) in [6.45, 7) is 0. The second kappa shape index (κ2) is 9.79. The molecule has 0 unspecified atom stereocenters. The molecule has 0 saturated heterocycles. The molecule has 0 spiro atoms. The van der Waals surface area contributed by atoms with Crippen LogP contribution < -0.4 is 0 Å². The molecule has 39 heavy (non-hydrogen) atoms. The van der Waals surface area contributed by atoms with Crippen LogP contribution in [0.3, 0.4) is 0 Å². The van der Waals surface area contributed by atoms with Gasteiger partial charge in [-0.05, 0) is 92.0 Å². The maximum absolute atomic E-state index is 3.59. The van der Waals surface area contributed by atoms with Gasteiger partial charge in [0.25, 0.3) is 0 Å². The zero-order chi connectivity index (χ0) is 26.4. The maximum Gasteiger partial charge on any atom is 0.0713 e. The van der Waals surface area contributed by atoms with E-state index in [0.717, 1.165) is 8.95 Å². The van der Waals surface area contributed by atoms with Crippen LogP contribution in [0, 0.1) is 0 Å². The van der Waals surface area contributed by atoms with E-state index >= 15 is 0 Å². The molecule has 0 N–H and O–H groups in total. The minimum absolute atomic E-state index is 0.441. The van der Waals surface area contributed by atoms with Crippen LogP contribution in [0.5, 0.6) is 0 Å². The van der Waals surface area contributed by atoms with Crippen molar-refractivity contribution in [2.24, 2.45) is 0 Å². The number of rotatable bonds is 4. The van der Waals surface area contributed by atoms with Gasteiger partial charge in [0.2, 0.25) is 0 Å². The summed E-state index contributed by atoms with van der Waals surface area (Å²) >= 11 is 7.19. The van der Waals surface area contributed by atoms with Crippen molar-refractivity contribution in [3.63, 3.8) is 0 Å². The molecule has 0 fully saturated rings. The molecular formula is C37H24Br2. The van der Waals surface area contributed by atoms with Gasteiger partial charge in [-0.15, -0.1) is 0 Å². The highest BCUT2D eigenvalue weighted by atomic mass is 79.9. The van der Waals surface area contributed by atoms with Crippen molar-refractivity contribution < 1.29 is 0 Å². The molecule has 6 aromatic rings. The Hall–Kier alpha value is -3.72. The Labute approximate surface area is 246 Å². The van der Waals surface area contributed by atoms with Crippen molar-refractivity contribution in [2.45, 2.75) is 5.41 Å². The topological polar surface area (TPSA) is 0 Å². The zero-order valence-corrected chi connectivity index (χ0v) is 24.3. The lowest BCUT2D eigenvalue weighted by Gasteiger charge is -2.34. The van der Waals surface area contributed by atoms with E-state index in [1.54, 1.807) is 0 Å². The van der Waals surface area contributed by atoms with Crippen LogP contribution in [0.25, 0.3) is 33.4 Å². The monoisotopic (exact) mass is 626 g/mol. The maximum atomic E-state index is 3.59. The molecule has 0 radical (unpaired) electrons. The first kappa shape index (κ1) is 24.3. The summed E-state index contributed by atoms with van der Waals surface area (Å²) < 4.78 is 2.17. The molecule has 1 aliphatic carbocycles. The van der Waals surface area contributed by atoms with Crippen LogP contribution in [0.1, 0.15) is 22.3 Å². The van der Waals surface area contributed by atoms with E-state index in [1.807, 2.05) is 0 Å². The lowest BCUT2D eigenvalue weighted by atomic mass is 9.67. The van der Waals surface area contributed by atoms with Gasteiger partial charge in [-0.25, -0.2) is 0 Å². The highest BCUT2D eigenvalue weighted by Crippen LogP contribution is 2.57. The van der Waals surface area contributed by atoms with E-state index in [4.69, 9.17) is 0 Å². The van der Waals surface area contributed by atoms with Crippen LogP contribution in [0.4, 0.5) is 0 Å². The molecule has 0 aromatic heterocycles. The van der Waals surface area contributed by atoms with Crippen molar-refractivity contribution in [1.29, 1.82) is 0 Å². The Morgan fingerprint density at radius 2 is 0.718 bits per heavy atom. The first-order valence-corrected chi connectivity index (χ1v) is 14.7. The van der Waals surface area contributed by atoms with Gasteiger partial charge < -0.3 is 0 Å². The number of hydrogen-bond donors (Lipinski definition) is 0. The minimum atomic E-state index is -0.441. The molecule has 0 saturated carbocycles. The lowest BCUT2D eigenvalue weighted by molar-refractivity contribution is 0.769. The average molecular weight is 628 g/mol. The van der Waals surface area contributed by atoms with Crippen LogP contribution >= 0.6 is 31.9 Å². The van der Waals surface area contributed by atoms with E-state index in [0.29, 0.717) is 0 Å². The molecule has 6 aromatic carbocycles. The standard InChI is InChI=1S/C37H24Br2/c38-31-17-11-25(12-18-31)27-15-21-33-34-22-16-28(26-13-19-32(39)20-14-26)24-36(34)37(35(33)23-27,29-7-3-1-4-8-29)30-9-5-2-6-10-30/h1-24H. The molecule has 1 aliphatic rings. The molecule has 0 atom stereocenters. The molecular weight excluding hydrogens is 604 g/mol. The fraction of sp³-hybridized carbons (Fsp3) is 0.0270. The van der Waals surface area contributed by atoms with Crippen molar-refractivity contribution in [3.05, 3.63) is 177 Å². The Bertz CT molecular complexity index is 1650. The van der Waals surface area contributed by atoms with E-state index in [1.165, 1.54) is 55.6 Å². The van der Waals surface area contributed by atoms with Gasteiger partial charge in [0.05, 0.1) is 5.41 Å². The van der Waals surface area contributed by atoms with Crippen LogP contribution in [0.2, 0.25) is 0 Å². The Morgan fingerprint density at radius 3 is 1.10 bits per heavy atom. The Balaban J connectivity index is 1.56. The summed E-state index contributed by atoms with van der Waals surface area (Å²) in [5, 5.41) is 0. The van der Waals surface area contributed by atoms with Gasteiger partial charge in [-0.1, -0.05) is 141 Å². The van der Waals surface area contributed by atoms with Crippen LogP contribution in [-0.2, 0) is 5.41 Å². The number of fused-ring (bicyclic) bond motifs is 3. The summed E-state index contributed by atoms with van der Waals surface area (Å²) in [7, 11) is 0. The third-order valence-corrected chi connectivity index (χ3v) is 8.96.